The number of H-pyrrole nitrogens is 1. The highest BCUT2D eigenvalue weighted by Gasteiger charge is 2.74. The summed E-state index contributed by atoms with van der Waals surface area (Å²) in [6.07, 6.45) is 4.84. The van der Waals surface area contributed by atoms with Crippen molar-refractivity contribution < 1.29 is 0 Å². The molecule has 2 aliphatic carbocycles. The lowest BCUT2D eigenvalue weighted by Gasteiger charge is -2.34. The Morgan fingerprint density at radius 3 is 3.17 bits per heavy atom. The zero-order chi connectivity index (χ0) is 12.1. The van der Waals surface area contributed by atoms with Gasteiger partial charge >= 0.3 is 0 Å². The molecule has 2 aromatic rings. The molecular formula is C16H18N2. The van der Waals surface area contributed by atoms with Crippen LogP contribution in [0.2, 0.25) is 0 Å². The fourth-order valence-corrected chi connectivity index (χ4v) is 5.25. The number of piperidine rings is 1. The largest absolute Gasteiger partial charge is 0.361 e. The van der Waals surface area contributed by atoms with Crippen LogP contribution in [0.1, 0.15) is 24.5 Å². The summed E-state index contributed by atoms with van der Waals surface area (Å²) in [5.74, 6) is 0. The monoisotopic (exact) mass is 238 g/mol. The molecule has 0 radical (unpaired) electrons. The Hall–Kier alpha value is -1.28. The summed E-state index contributed by atoms with van der Waals surface area (Å²) in [6.45, 7) is 3.75. The molecule has 1 saturated carbocycles. The molecule has 3 atom stereocenters. The van der Waals surface area contributed by atoms with Crippen LogP contribution < -0.4 is 0 Å². The number of aromatic amines is 1. The van der Waals surface area contributed by atoms with Crippen LogP contribution in [0.25, 0.3) is 10.9 Å². The van der Waals surface area contributed by atoms with Gasteiger partial charge < -0.3 is 9.88 Å². The van der Waals surface area contributed by atoms with Crippen LogP contribution in [0.5, 0.6) is 0 Å². The zero-order valence-electron chi connectivity index (χ0n) is 11.0. The lowest BCUT2D eigenvalue weighted by atomic mass is 9.75. The van der Waals surface area contributed by atoms with Crippen LogP contribution in [-0.2, 0) is 11.8 Å². The van der Waals surface area contributed by atoms with E-state index in [1.807, 2.05) is 0 Å². The van der Waals surface area contributed by atoms with Crippen LogP contribution in [0.4, 0.5) is 0 Å². The number of hydrogen-bond donors (Lipinski definition) is 1. The van der Waals surface area contributed by atoms with Crippen LogP contribution in [-0.4, -0.2) is 29.5 Å². The number of likely N-dealkylation sites (tertiary alicyclic amines) is 1. The molecule has 1 aliphatic heterocycles. The molecule has 1 saturated heterocycles. The molecule has 0 bridgehead atoms. The van der Waals surface area contributed by atoms with Crippen molar-refractivity contribution in [2.24, 2.45) is 5.41 Å². The first kappa shape index (κ1) is 9.62. The number of likely N-dealkylation sites (N-methyl/N-ethyl adjacent to an activating group) is 1. The van der Waals surface area contributed by atoms with E-state index in [0.29, 0.717) is 10.8 Å². The van der Waals surface area contributed by atoms with Crippen molar-refractivity contribution in [3.05, 3.63) is 35.5 Å². The summed E-state index contributed by atoms with van der Waals surface area (Å²) >= 11 is 0. The van der Waals surface area contributed by atoms with Crippen LogP contribution in [0.15, 0.2) is 24.4 Å². The maximum absolute atomic E-state index is 3.45. The number of aromatic nitrogens is 1. The highest BCUT2D eigenvalue weighted by atomic mass is 15.2. The molecule has 1 aromatic heterocycles. The van der Waals surface area contributed by atoms with Gasteiger partial charge in [0.2, 0.25) is 0 Å². The Kier molecular flexibility index (Phi) is 1.35. The molecule has 2 fully saturated rings. The second-order valence-electron chi connectivity index (χ2n) is 6.89. The maximum Gasteiger partial charge on any atom is 0.0459 e. The predicted molar refractivity (Wildman–Crippen MR) is 72.8 cm³/mol. The number of rotatable bonds is 0. The molecule has 92 valence electrons. The van der Waals surface area contributed by atoms with Crippen molar-refractivity contribution in [1.29, 1.82) is 0 Å². The quantitative estimate of drug-likeness (QED) is 0.747. The first-order valence-corrected chi connectivity index (χ1v) is 6.95. The predicted octanol–water partition coefficient (Wildman–Crippen LogP) is 2.69. The van der Waals surface area contributed by atoms with Gasteiger partial charge in [0.1, 0.15) is 0 Å². The van der Waals surface area contributed by atoms with Gasteiger partial charge in [-0.2, -0.15) is 0 Å². The first-order valence-electron chi connectivity index (χ1n) is 6.95. The SMILES string of the molecule is CN1C[C@@]2(C)C[C@]23c2cccc4[nH]cc(c24)C[C@@H]13. The van der Waals surface area contributed by atoms with Gasteiger partial charge in [-0.3, -0.25) is 0 Å². The minimum atomic E-state index is 0.455. The minimum Gasteiger partial charge on any atom is -0.361 e. The highest BCUT2D eigenvalue weighted by molar-refractivity contribution is 5.90. The zero-order valence-corrected chi connectivity index (χ0v) is 11.0. The topological polar surface area (TPSA) is 19.0 Å². The third-order valence-corrected chi connectivity index (χ3v) is 6.00. The van der Waals surface area contributed by atoms with Gasteiger partial charge in [0.25, 0.3) is 0 Å². The van der Waals surface area contributed by atoms with E-state index in [9.17, 15) is 0 Å². The molecule has 0 amide bonds. The van der Waals surface area contributed by atoms with Crippen LogP contribution in [0, 0.1) is 5.41 Å². The number of nitrogens with zero attached hydrogens (tertiary/aromatic N) is 1. The molecule has 2 heterocycles. The average molecular weight is 238 g/mol. The van der Waals surface area contributed by atoms with E-state index in [-0.39, 0.29) is 0 Å². The van der Waals surface area contributed by atoms with Crippen molar-refractivity contribution in [2.75, 3.05) is 13.6 Å². The molecule has 1 aromatic carbocycles. The Morgan fingerprint density at radius 2 is 2.28 bits per heavy atom. The summed E-state index contributed by atoms with van der Waals surface area (Å²) in [5.41, 5.74) is 5.46. The van der Waals surface area contributed by atoms with Gasteiger partial charge in [0, 0.05) is 35.1 Å². The Labute approximate surface area is 107 Å². The average Bonchev–Trinajstić information content (AvgIpc) is 2.68. The molecular weight excluding hydrogens is 220 g/mol. The molecule has 18 heavy (non-hydrogen) atoms. The van der Waals surface area contributed by atoms with Gasteiger partial charge in [-0.25, -0.2) is 0 Å². The first-order chi connectivity index (χ1) is 8.66. The lowest BCUT2D eigenvalue weighted by Crippen LogP contribution is -2.40. The van der Waals surface area contributed by atoms with Gasteiger partial charge in [-0.1, -0.05) is 19.1 Å². The Bertz CT molecular complexity index is 685. The third kappa shape index (κ3) is 0.777. The summed E-state index contributed by atoms with van der Waals surface area (Å²) in [4.78, 5) is 6.05. The third-order valence-electron chi connectivity index (χ3n) is 6.00. The van der Waals surface area contributed by atoms with E-state index in [1.54, 1.807) is 5.56 Å². The van der Waals surface area contributed by atoms with Crippen molar-refractivity contribution in [3.63, 3.8) is 0 Å². The second kappa shape index (κ2) is 2.53. The highest BCUT2D eigenvalue weighted by Crippen LogP contribution is 2.73. The summed E-state index contributed by atoms with van der Waals surface area (Å²) in [5, 5.41) is 1.53. The lowest BCUT2D eigenvalue weighted by molar-refractivity contribution is 0.246. The maximum atomic E-state index is 3.45. The molecule has 1 spiro atoms. The van der Waals surface area contributed by atoms with E-state index >= 15 is 0 Å². The van der Waals surface area contributed by atoms with Crippen LogP contribution >= 0.6 is 0 Å². The summed E-state index contributed by atoms with van der Waals surface area (Å²) in [6, 6.07) is 7.55. The van der Waals surface area contributed by atoms with E-state index < -0.39 is 0 Å². The van der Waals surface area contributed by atoms with Gasteiger partial charge in [0.05, 0.1) is 0 Å². The van der Waals surface area contributed by atoms with Gasteiger partial charge in [-0.05, 0) is 42.5 Å². The molecule has 0 unspecified atom stereocenters. The summed E-state index contributed by atoms with van der Waals surface area (Å²) < 4.78 is 0. The standard InChI is InChI=1S/C16H18N2/c1-15-8-16(15)11-4-3-5-12-14(11)10(7-17-12)6-13(16)18(2)9-15/h3-5,7,13,17H,6,8-9H2,1-2H3/t13-,15-,16-/m1/s1. The fourth-order valence-electron chi connectivity index (χ4n) is 5.25. The van der Waals surface area contributed by atoms with Crippen molar-refractivity contribution >= 4 is 10.9 Å². The molecule has 3 aliphatic rings. The van der Waals surface area contributed by atoms with Crippen LogP contribution in [0.3, 0.4) is 0 Å². The Morgan fingerprint density at radius 1 is 1.39 bits per heavy atom. The Balaban J connectivity index is 1.89. The van der Waals surface area contributed by atoms with E-state index in [2.05, 4.69) is 48.3 Å². The van der Waals surface area contributed by atoms with Crippen molar-refractivity contribution in [1.82, 2.24) is 9.88 Å². The van der Waals surface area contributed by atoms with Gasteiger partial charge in [-0.15, -0.1) is 0 Å². The number of hydrogen-bond acceptors (Lipinski definition) is 1. The second-order valence-corrected chi connectivity index (χ2v) is 6.89. The van der Waals surface area contributed by atoms with E-state index in [0.717, 1.165) is 6.04 Å². The van der Waals surface area contributed by atoms with E-state index in [4.69, 9.17) is 0 Å². The fraction of sp³-hybridized carbons (Fsp3) is 0.500. The van der Waals surface area contributed by atoms with Gasteiger partial charge in [0.15, 0.2) is 0 Å². The van der Waals surface area contributed by atoms with Crippen molar-refractivity contribution in [3.8, 4) is 0 Å². The van der Waals surface area contributed by atoms with E-state index in [1.165, 1.54) is 35.9 Å². The molecule has 2 heteroatoms. The smallest absolute Gasteiger partial charge is 0.0459 e. The minimum absolute atomic E-state index is 0.455. The number of benzene rings is 1. The molecule has 5 rings (SSSR count). The molecule has 2 nitrogen and oxygen atoms in total. The molecule has 1 N–H and O–H groups in total. The number of nitrogens with one attached hydrogen (secondary N) is 1. The normalized spacial score (nSPS) is 40.9. The van der Waals surface area contributed by atoms with Crippen molar-refractivity contribution in [2.45, 2.75) is 31.2 Å². The summed E-state index contributed by atoms with van der Waals surface area (Å²) in [7, 11) is 2.31.